The molecule has 0 saturated carbocycles. The molecular formula is C16H23N3O. The van der Waals surface area contributed by atoms with Crippen LogP contribution in [-0.2, 0) is 11.2 Å². The van der Waals surface area contributed by atoms with Crippen molar-refractivity contribution in [3.05, 3.63) is 36.0 Å². The van der Waals surface area contributed by atoms with Crippen molar-refractivity contribution in [2.45, 2.75) is 38.6 Å². The molecule has 0 radical (unpaired) electrons. The summed E-state index contributed by atoms with van der Waals surface area (Å²) in [5.74, 6) is 0.116. The van der Waals surface area contributed by atoms with Gasteiger partial charge in [0.2, 0.25) is 5.91 Å². The lowest BCUT2D eigenvalue weighted by Gasteiger charge is -2.07. The highest BCUT2D eigenvalue weighted by atomic mass is 16.1. The molecule has 4 heteroatoms. The lowest BCUT2D eigenvalue weighted by atomic mass is 10.1. The topological polar surface area (TPSA) is 70.9 Å². The fourth-order valence-electron chi connectivity index (χ4n) is 2.31. The number of aromatic nitrogens is 1. The average molecular weight is 273 g/mol. The summed E-state index contributed by atoms with van der Waals surface area (Å²) in [6.07, 6.45) is 5.22. The van der Waals surface area contributed by atoms with Crippen molar-refractivity contribution in [1.29, 1.82) is 0 Å². The van der Waals surface area contributed by atoms with Crippen LogP contribution in [0.1, 0.15) is 31.7 Å². The lowest BCUT2D eigenvalue weighted by Crippen LogP contribution is -2.28. The Morgan fingerprint density at radius 3 is 3.00 bits per heavy atom. The second-order valence-electron chi connectivity index (χ2n) is 5.33. The van der Waals surface area contributed by atoms with E-state index in [1.54, 1.807) is 0 Å². The third-order valence-electron chi connectivity index (χ3n) is 3.45. The minimum Gasteiger partial charge on any atom is -0.361 e. The summed E-state index contributed by atoms with van der Waals surface area (Å²) >= 11 is 0. The summed E-state index contributed by atoms with van der Waals surface area (Å²) in [6.45, 7) is 2.62. The molecule has 1 aromatic carbocycles. The average Bonchev–Trinajstić information content (AvgIpc) is 2.82. The van der Waals surface area contributed by atoms with Gasteiger partial charge in [-0.15, -0.1) is 0 Å². The fourth-order valence-corrected chi connectivity index (χ4v) is 2.31. The summed E-state index contributed by atoms with van der Waals surface area (Å²) in [4.78, 5) is 14.9. The predicted octanol–water partition coefficient (Wildman–Crippen LogP) is 2.34. The number of H-pyrrole nitrogens is 1. The van der Waals surface area contributed by atoms with Crippen molar-refractivity contribution in [2.75, 3.05) is 6.54 Å². The molecule has 2 rings (SSSR count). The number of hydrogen-bond donors (Lipinski definition) is 3. The van der Waals surface area contributed by atoms with Gasteiger partial charge in [0.25, 0.3) is 0 Å². The zero-order valence-corrected chi connectivity index (χ0v) is 12.0. The summed E-state index contributed by atoms with van der Waals surface area (Å²) < 4.78 is 0. The Morgan fingerprint density at radius 2 is 2.20 bits per heavy atom. The number of nitrogens with two attached hydrogens (primary N) is 1. The van der Waals surface area contributed by atoms with Gasteiger partial charge in [0.1, 0.15) is 0 Å². The molecule has 0 spiro atoms. The number of para-hydroxylation sites is 1. The van der Waals surface area contributed by atoms with Gasteiger partial charge >= 0.3 is 0 Å². The van der Waals surface area contributed by atoms with E-state index in [0.29, 0.717) is 13.0 Å². The van der Waals surface area contributed by atoms with E-state index in [-0.39, 0.29) is 11.9 Å². The highest BCUT2D eigenvalue weighted by Gasteiger charge is 2.05. The molecule has 0 saturated heterocycles. The van der Waals surface area contributed by atoms with Crippen LogP contribution in [0.25, 0.3) is 10.9 Å². The normalized spacial score (nSPS) is 12.5. The number of nitrogens with one attached hydrogen (secondary N) is 2. The molecule has 20 heavy (non-hydrogen) atoms. The molecule has 2 aromatic rings. The summed E-state index contributed by atoms with van der Waals surface area (Å²) in [6, 6.07) is 8.39. The molecule has 1 atom stereocenters. The van der Waals surface area contributed by atoms with Crippen LogP contribution < -0.4 is 11.1 Å². The molecule has 1 aromatic heterocycles. The van der Waals surface area contributed by atoms with E-state index in [4.69, 9.17) is 5.73 Å². The first kappa shape index (κ1) is 14.6. The summed E-state index contributed by atoms with van der Waals surface area (Å²) in [5, 5.41) is 4.16. The predicted molar refractivity (Wildman–Crippen MR) is 82.5 cm³/mol. The first-order valence-electron chi connectivity index (χ1n) is 7.24. The van der Waals surface area contributed by atoms with Crippen molar-refractivity contribution in [3.8, 4) is 0 Å². The lowest BCUT2D eigenvalue weighted by molar-refractivity contribution is -0.121. The van der Waals surface area contributed by atoms with Crippen molar-refractivity contribution < 1.29 is 4.79 Å². The van der Waals surface area contributed by atoms with Gasteiger partial charge < -0.3 is 16.0 Å². The number of carbonyl (C=O) groups excluding carboxylic acids is 1. The highest BCUT2D eigenvalue weighted by Crippen LogP contribution is 2.19. The van der Waals surface area contributed by atoms with Crippen molar-refractivity contribution in [3.63, 3.8) is 0 Å². The van der Waals surface area contributed by atoms with Crippen LogP contribution in [0.15, 0.2) is 30.5 Å². The third kappa shape index (κ3) is 4.10. The number of benzene rings is 1. The van der Waals surface area contributed by atoms with Crippen molar-refractivity contribution >= 4 is 16.8 Å². The van der Waals surface area contributed by atoms with Crippen LogP contribution in [0, 0.1) is 0 Å². The molecule has 0 bridgehead atoms. The minimum atomic E-state index is 0.116. The van der Waals surface area contributed by atoms with Gasteiger partial charge in [-0.25, -0.2) is 0 Å². The molecule has 1 amide bonds. The molecule has 0 aliphatic rings. The first-order valence-corrected chi connectivity index (χ1v) is 7.24. The second kappa shape index (κ2) is 7.10. The quantitative estimate of drug-likeness (QED) is 0.724. The SMILES string of the molecule is CC(N)CCNC(=O)CCCc1c[nH]c2ccccc12. The zero-order valence-electron chi connectivity index (χ0n) is 12.0. The summed E-state index contributed by atoms with van der Waals surface area (Å²) in [7, 11) is 0. The zero-order chi connectivity index (χ0) is 14.4. The number of aromatic amines is 1. The van der Waals surface area contributed by atoms with Crippen LogP contribution in [-0.4, -0.2) is 23.5 Å². The number of carbonyl (C=O) groups is 1. The van der Waals surface area contributed by atoms with Crippen LogP contribution in [0.2, 0.25) is 0 Å². The number of rotatable bonds is 7. The van der Waals surface area contributed by atoms with Gasteiger partial charge in [-0.3, -0.25) is 4.79 Å². The standard InChI is InChI=1S/C16H23N3O/c1-12(17)9-10-18-16(20)8-4-5-13-11-19-15-7-3-2-6-14(13)15/h2-3,6-7,11-12,19H,4-5,8-10,17H2,1H3,(H,18,20). The van der Waals surface area contributed by atoms with Crippen molar-refractivity contribution in [1.82, 2.24) is 10.3 Å². The molecular weight excluding hydrogens is 250 g/mol. The minimum absolute atomic E-state index is 0.116. The molecule has 1 heterocycles. The summed E-state index contributed by atoms with van der Waals surface area (Å²) in [5.41, 5.74) is 8.08. The van der Waals surface area contributed by atoms with Gasteiger partial charge in [-0.2, -0.15) is 0 Å². The first-order chi connectivity index (χ1) is 9.66. The molecule has 4 N–H and O–H groups in total. The Morgan fingerprint density at radius 1 is 1.40 bits per heavy atom. The van der Waals surface area contributed by atoms with Gasteiger partial charge in [0, 0.05) is 36.1 Å². The molecule has 4 nitrogen and oxygen atoms in total. The maximum absolute atomic E-state index is 11.7. The third-order valence-corrected chi connectivity index (χ3v) is 3.45. The van der Waals surface area contributed by atoms with E-state index in [0.717, 1.165) is 24.8 Å². The number of aryl methyl sites for hydroxylation is 1. The van der Waals surface area contributed by atoms with E-state index in [1.165, 1.54) is 10.9 Å². The van der Waals surface area contributed by atoms with Crippen LogP contribution >= 0.6 is 0 Å². The molecule has 1 unspecified atom stereocenters. The monoisotopic (exact) mass is 273 g/mol. The van der Waals surface area contributed by atoms with Gasteiger partial charge in [0.15, 0.2) is 0 Å². The Hall–Kier alpha value is -1.81. The van der Waals surface area contributed by atoms with Gasteiger partial charge in [-0.1, -0.05) is 18.2 Å². The van der Waals surface area contributed by atoms with E-state index < -0.39 is 0 Å². The highest BCUT2D eigenvalue weighted by molar-refractivity contribution is 5.83. The molecule has 0 fully saturated rings. The van der Waals surface area contributed by atoms with E-state index in [1.807, 2.05) is 25.3 Å². The number of fused-ring (bicyclic) bond motifs is 1. The van der Waals surface area contributed by atoms with E-state index in [2.05, 4.69) is 22.4 Å². The largest absolute Gasteiger partial charge is 0.361 e. The Kier molecular flexibility index (Phi) is 5.18. The number of hydrogen-bond acceptors (Lipinski definition) is 2. The molecule has 0 aliphatic carbocycles. The Balaban J connectivity index is 1.74. The Labute approximate surface area is 119 Å². The van der Waals surface area contributed by atoms with E-state index in [9.17, 15) is 4.79 Å². The smallest absolute Gasteiger partial charge is 0.220 e. The van der Waals surface area contributed by atoms with Gasteiger partial charge in [-0.05, 0) is 37.8 Å². The maximum Gasteiger partial charge on any atom is 0.220 e. The van der Waals surface area contributed by atoms with E-state index >= 15 is 0 Å². The van der Waals surface area contributed by atoms with Crippen LogP contribution in [0.3, 0.4) is 0 Å². The number of amides is 1. The molecule has 108 valence electrons. The maximum atomic E-state index is 11.7. The van der Waals surface area contributed by atoms with Crippen LogP contribution in [0.5, 0.6) is 0 Å². The Bertz CT molecular complexity index is 560. The fraction of sp³-hybridized carbons (Fsp3) is 0.438. The second-order valence-corrected chi connectivity index (χ2v) is 5.33. The van der Waals surface area contributed by atoms with Crippen LogP contribution in [0.4, 0.5) is 0 Å². The molecule has 0 aliphatic heterocycles. The van der Waals surface area contributed by atoms with Crippen molar-refractivity contribution in [2.24, 2.45) is 5.73 Å². The van der Waals surface area contributed by atoms with Gasteiger partial charge in [0.05, 0.1) is 0 Å².